The molecule has 0 bridgehead atoms. The third-order valence-electron chi connectivity index (χ3n) is 7.21. The van der Waals surface area contributed by atoms with E-state index in [4.69, 9.17) is 4.74 Å². The van der Waals surface area contributed by atoms with Crippen molar-refractivity contribution in [2.24, 2.45) is 0 Å². The Kier molecular flexibility index (Phi) is 6.31. The van der Waals surface area contributed by atoms with Crippen LogP contribution in [0, 0.1) is 0 Å². The van der Waals surface area contributed by atoms with Crippen LogP contribution in [0.5, 0.6) is 5.75 Å². The van der Waals surface area contributed by atoms with Gasteiger partial charge < -0.3 is 9.72 Å². The second-order valence-electron chi connectivity index (χ2n) is 9.58. The fourth-order valence-corrected chi connectivity index (χ4v) is 6.19. The van der Waals surface area contributed by atoms with E-state index in [1.54, 1.807) is 18.0 Å². The number of hydrogen-bond donors (Lipinski definition) is 1. The molecule has 4 nitrogen and oxygen atoms in total. The molecule has 37 heavy (non-hydrogen) atoms. The third kappa shape index (κ3) is 4.56. The molecule has 0 aliphatic heterocycles. The van der Waals surface area contributed by atoms with E-state index in [2.05, 4.69) is 64.6 Å². The summed E-state index contributed by atoms with van der Waals surface area (Å²) >= 11 is 1.78. The average molecular weight is 505 g/mol. The minimum Gasteiger partial charge on any atom is -0.475 e. The van der Waals surface area contributed by atoms with Crippen molar-refractivity contribution in [2.75, 3.05) is 0 Å². The van der Waals surface area contributed by atoms with Gasteiger partial charge in [-0.3, -0.25) is 4.79 Å². The van der Waals surface area contributed by atoms with Gasteiger partial charge in [0, 0.05) is 46.2 Å². The van der Waals surface area contributed by atoms with E-state index in [0.717, 1.165) is 46.7 Å². The highest BCUT2D eigenvalue weighted by molar-refractivity contribution is 7.98. The molecule has 1 aliphatic rings. The Morgan fingerprint density at radius 1 is 0.946 bits per heavy atom. The molecule has 5 aromatic rings. The lowest BCUT2D eigenvalue weighted by Gasteiger charge is -2.32. The summed E-state index contributed by atoms with van der Waals surface area (Å²) in [4.78, 5) is 21.8. The van der Waals surface area contributed by atoms with Crippen molar-refractivity contribution in [3.63, 3.8) is 0 Å². The van der Waals surface area contributed by atoms with Crippen molar-refractivity contribution in [1.82, 2.24) is 9.97 Å². The van der Waals surface area contributed by atoms with Crippen molar-refractivity contribution in [3.8, 4) is 5.75 Å². The van der Waals surface area contributed by atoms with Crippen LogP contribution in [0.2, 0.25) is 0 Å². The number of nitrogens with zero attached hydrogens (tertiary/aromatic N) is 1. The van der Waals surface area contributed by atoms with Crippen LogP contribution in [0.4, 0.5) is 0 Å². The Bertz CT molecular complexity index is 1560. The van der Waals surface area contributed by atoms with Crippen LogP contribution in [0.1, 0.15) is 52.6 Å². The predicted molar refractivity (Wildman–Crippen MR) is 149 cm³/mol. The number of thioether (sulfide) groups is 1. The van der Waals surface area contributed by atoms with Crippen molar-refractivity contribution < 1.29 is 9.53 Å². The van der Waals surface area contributed by atoms with E-state index in [9.17, 15) is 4.79 Å². The second-order valence-corrected chi connectivity index (χ2v) is 10.6. The molecule has 0 fully saturated rings. The lowest BCUT2D eigenvalue weighted by molar-refractivity contribution is 0.0971. The highest BCUT2D eigenvalue weighted by Crippen LogP contribution is 2.40. The highest BCUT2D eigenvalue weighted by Gasteiger charge is 2.35. The summed E-state index contributed by atoms with van der Waals surface area (Å²) in [6, 6.07) is 29.1. The van der Waals surface area contributed by atoms with Gasteiger partial charge in [-0.2, -0.15) is 0 Å². The Hall–Kier alpha value is -3.83. The molecule has 184 valence electrons. The fraction of sp³-hybridized carbons (Fsp3) is 0.188. The van der Waals surface area contributed by atoms with Gasteiger partial charge in [0.25, 0.3) is 0 Å². The first-order valence-electron chi connectivity index (χ1n) is 12.7. The first-order valence-corrected chi connectivity index (χ1v) is 13.6. The second kappa shape index (κ2) is 9.91. The van der Waals surface area contributed by atoms with E-state index in [1.165, 1.54) is 15.7 Å². The number of rotatable bonds is 7. The Balaban J connectivity index is 1.41. The van der Waals surface area contributed by atoms with Crippen LogP contribution in [0.3, 0.4) is 0 Å². The lowest BCUT2D eigenvalue weighted by atomic mass is 9.87. The Morgan fingerprint density at radius 3 is 2.57 bits per heavy atom. The number of Topliss-reactive ketones (excluding diaryl/α,β-unsaturated/α-hetero) is 1. The zero-order valence-electron chi connectivity index (χ0n) is 20.7. The van der Waals surface area contributed by atoms with Gasteiger partial charge in [-0.05, 0) is 60.4 Å². The number of carbonyl (C=O) groups is 1. The van der Waals surface area contributed by atoms with Gasteiger partial charge >= 0.3 is 0 Å². The summed E-state index contributed by atoms with van der Waals surface area (Å²) in [6.07, 6.45) is 5.94. The minimum absolute atomic E-state index is 0.224. The Labute approximate surface area is 221 Å². The number of H-pyrrole nitrogens is 1. The van der Waals surface area contributed by atoms with Crippen molar-refractivity contribution in [1.29, 1.82) is 0 Å². The van der Waals surface area contributed by atoms with E-state index < -0.39 is 5.60 Å². The Morgan fingerprint density at radius 2 is 1.76 bits per heavy atom. The topological polar surface area (TPSA) is 55.0 Å². The van der Waals surface area contributed by atoms with Crippen molar-refractivity contribution in [2.45, 2.75) is 42.4 Å². The van der Waals surface area contributed by atoms with Gasteiger partial charge in [-0.15, -0.1) is 11.8 Å². The lowest BCUT2D eigenvalue weighted by Crippen LogP contribution is -2.33. The number of carbonyl (C=O) groups excluding carboxylic acids is 1. The molecule has 0 radical (unpaired) electrons. The summed E-state index contributed by atoms with van der Waals surface area (Å²) in [5, 5.41) is 2.46. The zero-order valence-corrected chi connectivity index (χ0v) is 21.6. The van der Waals surface area contributed by atoms with Gasteiger partial charge in [-0.25, -0.2) is 4.98 Å². The minimum atomic E-state index is -0.819. The number of ether oxygens (including phenoxy) is 1. The van der Waals surface area contributed by atoms with Crippen LogP contribution < -0.4 is 4.74 Å². The standard InChI is InChI=1S/C32H28N2O2S/c1-32(31-33-18-19-34-31,24-10-3-2-4-11-24)36-30-17-16-27-26(12-7-13-29(27)35)28(30)21-37-25-15-14-22-8-5-6-9-23(22)20-25/h2-6,8-11,14-20H,7,12-13,21H2,1H3,(H,33,34)/t32-/m0/s1. The maximum absolute atomic E-state index is 12.8. The van der Waals surface area contributed by atoms with Crippen molar-refractivity contribution >= 4 is 28.3 Å². The molecule has 0 saturated carbocycles. The molecule has 1 aromatic heterocycles. The molecule has 1 heterocycles. The SMILES string of the molecule is C[C@](Oc1ccc2c(c1CSc1ccc3ccccc3c1)CCCC2=O)(c1ccccc1)c1ncc[nH]1. The van der Waals surface area contributed by atoms with Gasteiger partial charge in [0.15, 0.2) is 17.2 Å². The number of aromatic amines is 1. The van der Waals surface area contributed by atoms with Gasteiger partial charge in [0.1, 0.15) is 5.75 Å². The van der Waals surface area contributed by atoms with Crippen molar-refractivity contribution in [3.05, 3.63) is 125 Å². The molecule has 0 saturated heterocycles. The van der Waals surface area contributed by atoms with Gasteiger partial charge in [0.05, 0.1) is 0 Å². The van der Waals surface area contributed by atoms with Crippen LogP contribution in [-0.4, -0.2) is 15.8 Å². The van der Waals surface area contributed by atoms with Crippen LogP contribution in [0.25, 0.3) is 10.8 Å². The molecule has 0 spiro atoms. The number of nitrogens with one attached hydrogen (secondary N) is 1. The normalized spacial score (nSPS) is 14.8. The summed E-state index contributed by atoms with van der Waals surface area (Å²) in [5.74, 6) is 2.47. The maximum Gasteiger partial charge on any atom is 0.188 e. The summed E-state index contributed by atoms with van der Waals surface area (Å²) < 4.78 is 6.91. The molecule has 1 atom stereocenters. The fourth-order valence-electron chi connectivity index (χ4n) is 5.19. The third-order valence-corrected chi connectivity index (χ3v) is 8.23. The van der Waals surface area contributed by atoms with Crippen LogP contribution >= 0.6 is 11.8 Å². The molecule has 1 N–H and O–H groups in total. The first kappa shape index (κ1) is 23.6. The summed E-state index contributed by atoms with van der Waals surface area (Å²) in [7, 11) is 0. The van der Waals surface area contributed by atoms with E-state index >= 15 is 0 Å². The predicted octanol–water partition coefficient (Wildman–Crippen LogP) is 7.72. The maximum atomic E-state index is 12.8. The summed E-state index contributed by atoms with van der Waals surface area (Å²) in [5.41, 5.74) is 3.24. The quantitative estimate of drug-likeness (QED) is 0.231. The molecular formula is C32H28N2O2S. The van der Waals surface area contributed by atoms with E-state index in [0.29, 0.717) is 12.2 Å². The van der Waals surface area contributed by atoms with Gasteiger partial charge in [0.2, 0.25) is 0 Å². The number of imidazole rings is 1. The molecular weight excluding hydrogens is 476 g/mol. The molecule has 5 heteroatoms. The number of benzene rings is 4. The van der Waals surface area contributed by atoms with Crippen LogP contribution in [-0.2, 0) is 17.8 Å². The molecule has 0 unspecified atom stereocenters. The number of fused-ring (bicyclic) bond motifs is 2. The van der Waals surface area contributed by atoms with Gasteiger partial charge in [-0.1, -0.05) is 60.7 Å². The average Bonchev–Trinajstić information content (AvgIpc) is 3.49. The molecule has 0 amide bonds. The smallest absolute Gasteiger partial charge is 0.188 e. The molecule has 6 rings (SSSR count). The number of hydrogen-bond acceptors (Lipinski definition) is 4. The monoisotopic (exact) mass is 504 g/mol. The first-order chi connectivity index (χ1) is 18.1. The largest absolute Gasteiger partial charge is 0.475 e. The highest BCUT2D eigenvalue weighted by atomic mass is 32.2. The van der Waals surface area contributed by atoms with E-state index in [-0.39, 0.29) is 5.78 Å². The zero-order chi connectivity index (χ0) is 25.2. The van der Waals surface area contributed by atoms with Crippen LogP contribution in [0.15, 0.2) is 102 Å². The number of ketones is 1. The summed E-state index contributed by atoms with van der Waals surface area (Å²) in [6.45, 7) is 2.05. The number of aromatic nitrogens is 2. The molecule has 4 aromatic carbocycles. The van der Waals surface area contributed by atoms with E-state index in [1.807, 2.05) is 43.5 Å². The molecule has 1 aliphatic carbocycles.